The van der Waals surface area contributed by atoms with Gasteiger partial charge in [0.25, 0.3) is 11.8 Å². The van der Waals surface area contributed by atoms with Crippen LogP contribution in [-0.4, -0.2) is 112 Å². The first-order valence-electron chi connectivity index (χ1n) is 30.9. The van der Waals surface area contributed by atoms with Gasteiger partial charge in [-0.15, -0.1) is 0 Å². The lowest BCUT2D eigenvalue weighted by atomic mass is 9.74. The molecule has 16 nitrogen and oxygen atoms in total. The number of hydrogen-bond acceptors (Lipinski definition) is 10. The van der Waals surface area contributed by atoms with Gasteiger partial charge in [0.2, 0.25) is 23.6 Å². The van der Waals surface area contributed by atoms with E-state index in [-0.39, 0.29) is 58.7 Å². The molecule has 4 heterocycles. The number of nitrogens with two attached hydrogens (primary N) is 1. The predicted octanol–water partition coefficient (Wildman–Crippen LogP) is 9.54. The van der Waals surface area contributed by atoms with E-state index in [0.717, 1.165) is 127 Å². The molecule has 1 unspecified atom stereocenters. The van der Waals surface area contributed by atoms with Crippen LogP contribution in [0.5, 0.6) is 0 Å². The number of hydrogen-bond donors (Lipinski definition) is 6. The predicted molar refractivity (Wildman–Crippen MR) is 315 cm³/mol. The number of pyridine rings is 2. The fourth-order valence-electron chi connectivity index (χ4n) is 13.1. The maximum Gasteiger partial charge on any atom is 0.254 e. The monoisotopic (exact) mass is 1140 g/mol. The van der Waals surface area contributed by atoms with Gasteiger partial charge in [-0.2, -0.15) is 0 Å². The first kappa shape index (κ1) is 60.9. The number of likely N-dealkylation sites (N-methyl/N-ethyl adjacent to an activating group) is 1. The molecule has 2 aromatic carbocycles. The maximum atomic E-state index is 15.2. The highest BCUT2D eigenvalue weighted by molar-refractivity contribution is 5.97. The summed E-state index contributed by atoms with van der Waals surface area (Å²) in [5.74, 6) is -2.82. The third-order valence-electron chi connectivity index (χ3n) is 18.6. The highest BCUT2D eigenvalue weighted by Gasteiger charge is 2.50. The highest BCUT2D eigenvalue weighted by atomic mass is 19.1. The molecule has 5 aliphatic rings. The molecule has 3 aliphatic carbocycles. The Morgan fingerprint density at radius 1 is 0.639 bits per heavy atom. The SMILES string of the molecule is CN[C@@H](C)C(=O)NC(C)(C(=O)N1CCC[C@H]1c1cncc(-c2ccc(F)c(C(=O)NCCCCCCCCNC(=O)c3cc(-c4cncc([C@@H]5CCCN5C(=O)[C@@H](NC(=O)C5(N)CC5)C5CCCCC5)c4)ccc3F)c2)c1)C1CCCCC1. The van der Waals surface area contributed by atoms with Crippen molar-refractivity contribution in [2.24, 2.45) is 17.6 Å². The van der Waals surface area contributed by atoms with E-state index in [1.54, 1.807) is 63.0 Å². The normalized spacial score (nSPS) is 20.5. The summed E-state index contributed by atoms with van der Waals surface area (Å²) in [5, 5.41) is 15.0. The smallest absolute Gasteiger partial charge is 0.254 e. The summed E-state index contributed by atoms with van der Waals surface area (Å²) in [6.07, 6.45) is 25.9. The number of benzene rings is 2. The summed E-state index contributed by atoms with van der Waals surface area (Å²) in [6.45, 7) is 5.55. The van der Waals surface area contributed by atoms with E-state index in [9.17, 15) is 28.8 Å². The Kier molecular flexibility index (Phi) is 20.4. The molecule has 0 bridgehead atoms. The Morgan fingerprint density at radius 3 is 1.65 bits per heavy atom. The van der Waals surface area contributed by atoms with Crippen LogP contribution in [0.4, 0.5) is 8.78 Å². The van der Waals surface area contributed by atoms with Crippen LogP contribution in [0.2, 0.25) is 0 Å². The topological polar surface area (TPSA) is 221 Å². The lowest BCUT2D eigenvalue weighted by Gasteiger charge is -2.43. The average molecular weight is 1140 g/mol. The van der Waals surface area contributed by atoms with Gasteiger partial charge < -0.3 is 42.1 Å². The third kappa shape index (κ3) is 14.6. The van der Waals surface area contributed by atoms with Crippen LogP contribution in [0, 0.1) is 23.5 Å². The molecular weight excluding hydrogens is 1050 g/mol. The molecule has 7 N–H and O–H groups in total. The number of carbonyl (C=O) groups excluding carboxylic acids is 6. The highest BCUT2D eigenvalue weighted by Crippen LogP contribution is 2.41. The number of halogens is 2. The molecule has 83 heavy (non-hydrogen) atoms. The number of nitrogens with one attached hydrogen (secondary N) is 5. The van der Waals surface area contributed by atoms with Crippen molar-refractivity contribution >= 4 is 35.4 Å². The van der Waals surface area contributed by atoms with Crippen LogP contribution in [0.1, 0.15) is 199 Å². The minimum Gasteiger partial charge on any atom is -0.352 e. The summed E-state index contributed by atoms with van der Waals surface area (Å²) >= 11 is 0. The fraction of sp³-hybridized carbons (Fsp3) is 0.569. The van der Waals surface area contributed by atoms with Crippen molar-refractivity contribution in [1.82, 2.24) is 46.4 Å². The molecule has 5 fully saturated rings. The largest absolute Gasteiger partial charge is 0.352 e. The molecule has 9 rings (SSSR count). The van der Waals surface area contributed by atoms with E-state index in [0.29, 0.717) is 74.1 Å². The maximum absolute atomic E-state index is 15.2. The molecule has 3 saturated carbocycles. The third-order valence-corrected chi connectivity index (χ3v) is 18.6. The van der Waals surface area contributed by atoms with E-state index in [2.05, 4.69) is 36.6 Å². The van der Waals surface area contributed by atoms with Crippen molar-refractivity contribution in [2.45, 2.75) is 190 Å². The van der Waals surface area contributed by atoms with Crippen LogP contribution < -0.4 is 32.3 Å². The molecular formula is C65H86F2N10O6. The van der Waals surface area contributed by atoms with Crippen molar-refractivity contribution < 1.29 is 37.5 Å². The van der Waals surface area contributed by atoms with Crippen LogP contribution in [-0.2, 0) is 19.2 Å². The summed E-state index contributed by atoms with van der Waals surface area (Å²) in [4.78, 5) is 95.0. The van der Waals surface area contributed by atoms with E-state index in [1.165, 1.54) is 12.1 Å². The number of amides is 6. The zero-order valence-electron chi connectivity index (χ0n) is 48.8. The number of likely N-dealkylation sites (tertiary alicyclic amines) is 2. The molecule has 4 aromatic rings. The van der Waals surface area contributed by atoms with Gasteiger partial charge >= 0.3 is 0 Å². The molecule has 2 aliphatic heterocycles. The minimum atomic E-state index is -1.06. The zero-order valence-corrected chi connectivity index (χ0v) is 48.8. The van der Waals surface area contributed by atoms with Gasteiger partial charge in [-0.3, -0.25) is 38.7 Å². The van der Waals surface area contributed by atoms with Crippen molar-refractivity contribution in [2.75, 3.05) is 33.2 Å². The van der Waals surface area contributed by atoms with Gasteiger partial charge in [0.05, 0.1) is 34.8 Å². The second-order valence-corrected chi connectivity index (χ2v) is 24.4. The molecule has 2 saturated heterocycles. The Hall–Kier alpha value is -6.66. The number of rotatable bonds is 24. The Balaban J connectivity index is 0.714. The zero-order chi connectivity index (χ0) is 58.7. The lowest BCUT2D eigenvalue weighted by molar-refractivity contribution is -0.145. The molecule has 0 radical (unpaired) electrons. The fourth-order valence-corrected chi connectivity index (χ4v) is 13.1. The van der Waals surface area contributed by atoms with Gasteiger partial charge in [-0.05, 0) is 168 Å². The van der Waals surface area contributed by atoms with Crippen LogP contribution in [0.3, 0.4) is 0 Å². The Morgan fingerprint density at radius 2 is 1.13 bits per heavy atom. The van der Waals surface area contributed by atoms with Gasteiger partial charge in [-0.1, -0.05) is 76.3 Å². The van der Waals surface area contributed by atoms with E-state index in [1.807, 2.05) is 28.9 Å². The van der Waals surface area contributed by atoms with E-state index >= 15 is 8.78 Å². The first-order valence-corrected chi connectivity index (χ1v) is 30.9. The summed E-state index contributed by atoms with van der Waals surface area (Å²) < 4.78 is 30.5. The number of unbranched alkanes of at least 4 members (excludes halogenated alkanes) is 5. The van der Waals surface area contributed by atoms with Gasteiger partial charge in [0.15, 0.2) is 0 Å². The number of carbonyl (C=O) groups is 6. The molecule has 2 aromatic heterocycles. The van der Waals surface area contributed by atoms with Crippen molar-refractivity contribution in [3.8, 4) is 22.3 Å². The van der Waals surface area contributed by atoms with Crippen LogP contribution >= 0.6 is 0 Å². The number of aromatic nitrogens is 2. The lowest BCUT2D eigenvalue weighted by Crippen LogP contribution is -2.64. The van der Waals surface area contributed by atoms with E-state index < -0.39 is 46.6 Å². The molecule has 18 heteroatoms. The van der Waals surface area contributed by atoms with Crippen LogP contribution in [0.25, 0.3) is 22.3 Å². The Labute approximate surface area is 488 Å². The van der Waals surface area contributed by atoms with Crippen molar-refractivity contribution in [3.05, 3.63) is 107 Å². The second kappa shape index (κ2) is 27.8. The summed E-state index contributed by atoms with van der Waals surface area (Å²) in [7, 11) is 1.73. The minimum absolute atomic E-state index is 0.0203. The van der Waals surface area contributed by atoms with Crippen LogP contribution in [0.15, 0.2) is 73.3 Å². The first-order chi connectivity index (χ1) is 40.1. The summed E-state index contributed by atoms with van der Waals surface area (Å²) in [6, 6.07) is 11.3. The molecule has 6 amide bonds. The molecule has 0 spiro atoms. The standard InChI is InChI=1S/C65H86F2N10O6/c1-42(69-3)58(78)75-64(2,50-20-12-9-13-21-50)63(83)77-33-17-23-56(77)49-35-47(39-71-41-49)45-25-27-54(67)52(37-45)60(80)73-31-15-7-5-4-6-14-30-72-59(79)51-36-44(24-26-53(51)66)46-34-48(40-70-38-46)55-22-16-32-76(55)61(81)57(43-18-10-8-11-19-43)74-62(82)65(68)28-29-65/h24-27,34-43,50,55-57,69H,4-23,28-33,68H2,1-3H3,(H,72,79)(H,73,80)(H,74,82)(H,75,78)/t42-,55-,56-,57-,64?/m0/s1. The van der Waals surface area contributed by atoms with E-state index in [4.69, 9.17) is 5.73 Å². The van der Waals surface area contributed by atoms with Crippen molar-refractivity contribution in [1.29, 1.82) is 0 Å². The second-order valence-electron chi connectivity index (χ2n) is 24.4. The van der Waals surface area contributed by atoms with Gasteiger partial charge in [0.1, 0.15) is 23.2 Å². The van der Waals surface area contributed by atoms with Gasteiger partial charge in [-0.25, -0.2) is 8.78 Å². The average Bonchev–Trinajstić information content (AvgIpc) is 4.07. The molecule has 446 valence electrons. The summed E-state index contributed by atoms with van der Waals surface area (Å²) in [5.41, 5.74) is 8.52. The quantitative estimate of drug-likeness (QED) is 0.0365. The molecule has 5 atom stereocenters. The van der Waals surface area contributed by atoms with Gasteiger partial charge in [0, 0.05) is 62.1 Å². The Bertz CT molecular complexity index is 2960. The van der Waals surface area contributed by atoms with Crippen molar-refractivity contribution in [3.63, 3.8) is 0 Å². The number of nitrogens with zero attached hydrogens (tertiary/aromatic N) is 4.